The Kier molecular flexibility index (Phi) is 6.50. The van der Waals surface area contributed by atoms with E-state index >= 15 is 0 Å². The number of benzene rings is 1. The van der Waals surface area contributed by atoms with Crippen molar-refractivity contribution >= 4 is 23.0 Å². The van der Waals surface area contributed by atoms with Gasteiger partial charge < -0.3 is 15.4 Å². The first kappa shape index (κ1) is 13.9. The van der Waals surface area contributed by atoms with Gasteiger partial charge in [0.2, 0.25) is 0 Å². The standard InChI is InChI=1S/C12H17FN2OS/c1-2-16-9-3-8-14-12(17)15-11-6-4-10(13)5-7-11/h4-7H,2-3,8-9H2,1H3,(H2,14,15,17). The molecule has 3 nitrogen and oxygen atoms in total. The molecule has 0 aromatic heterocycles. The van der Waals surface area contributed by atoms with Crippen LogP contribution in [0.5, 0.6) is 0 Å². The number of anilines is 1. The first-order valence-electron chi connectivity index (χ1n) is 5.60. The highest BCUT2D eigenvalue weighted by molar-refractivity contribution is 7.80. The molecule has 17 heavy (non-hydrogen) atoms. The average Bonchev–Trinajstić information content (AvgIpc) is 2.32. The predicted octanol–water partition coefficient (Wildman–Crippen LogP) is 2.54. The highest BCUT2D eigenvalue weighted by atomic mass is 32.1. The maximum atomic E-state index is 12.7. The summed E-state index contributed by atoms with van der Waals surface area (Å²) < 4.78 is 17.9. The second-order valence-corrected chi connectivity index (χ2v) is 3.85. The first-order chi connectivity index (χ1) is 8.22. The van der Waals surface area contributed by atoms with Gasteiger partial charge in [0.1, 0.15) is 5.82 Å². The molecule has 0 unspecified atom stereocenters. The number of nitrogens with one attached hydrogen (secondary N) is 2. The van der Waals surface area contributed by atoms with E-state index in [1.165, 1.54) is 12.1 Å². The highest BCUT2D eigenvalue weighted by Crippen LogP contribution is 2.07. The minimum absolute atomic E-state index is 0.258. The number of hydrogen-bond acceptors (Lipinski definition) is 2. The average molecular weight is 256 g/mol. The van der Waals surface area contributed by atoms with Crippen molar-refractivity contribution in [3.05, 3.63) is 30.1 Å². The van der Waals surface area contributed by atoms with E-state index in [0.29, 0.717) is 5.11 Å². The van der Waals surface area contributed by atoms with Gasteiger partial charge in [0.05, 0.1) is 0 Å². The van der Waals surface area contributed by atoms with Gasteiger partial charge in [-0.1, -0.05) is 0 Å². The van der Waals surface area contributed by atoms with Crippen LogP contribution in [0.4, 0.5) is 10.1 Å². The first-order valence-corrected chi connectivity index (χ1v) is 6.01. The highest BCUT2D eigenvalue weighted by Gasteiger charge is 1.97. The van der Waals surface area contributed by atoms with Crippen molar-refractivity contribution in [2.75, 3.05) is 25.1 Å². The third-order valence-electron chi connectivity index (χ3n) is 2.06. The van der Waals surface area contributed by atoms with Gasteiger partial charge in [-0.3, -0.25) is 0 Å². The number of rotatable bonds is 6. The quantitative estimate of drug-likeness (QED) is 0.605. The van der Waals surface area contributed by atoms with Crippen LogP contribution in [-0.2, 0) is 4.74 Å². The number of halogens is 1. The molecule has 0 aliphatic carbocycles. The van der Waals surface area contributed by atoms with Crippen LogP contribution in [0.3, 0.4) is 0 Å². The molecule has 0 spiro atoms. The van der Waals surface area contributed by atoms with Crippen LogP contribution in [-0.4, -0.2) is 24.9 Å². The van der Waals surface area contributed by atoms with Crippen molar-refractivity contribution in [2.24, 2.45) is 0 Å². The van der Waals surface area contributed by atoms with Crippen LogP contribution >= 0.6 is 12.2 Å². The van der Waals surface area contributed by atoms with Crippen molar-refractivity contribution in [3.63, 3.8) is 0 Å². The SMILES string of the molecule is CCOCCCNC(=S)Nc1ccc(F)cc1. The van der Waals surface area contributed by atoms with E-state index < -0.39 is 0 Å². The molecule has 2 N–H and O–H groups in total. The molecule has 0 saturated carbocycles. The van der Waals surface area contributed by atoms with E-state index in [1.807, 2.05) is 6.92 Å². The molecule has 1 rings (SSSR count). The summed E-state index contributed by atoms with van der Waals surface area (Å²) in [7, 11) is 0. The Bertz CT molecular complexity index is 343. The van der Waals surface area contributed by atoms with Gasteiger partial charge >= 0.3 is 0 Å². The van der Waals surface area contributed by atoms with E-state index in [4.69, 9.17) is 17.0 Å². The van der Waals surface area contributed by atoms with Crippen LogP contribution in [0.2, 0.25) is 0 Å². The Hall–Kier alpha value is -1.20. The molecule has 94 valence electrons. The van der Waals surface area contributed by atoms with E-state index in [2.05, 4.69) is 10.6 Å². The van der Waals surface area contributed by atoms with Gasteiger partial charge in [0.25, 0.3) is 0 Å². The lowest BCUT2D eigenvalue weighted by Crippen LogP contribution is -2.29. The normalized spacial score (nSPS) is 10.0. The fourth-order valence-electron chi connectivity index (χ4n) is 1.23. The van der Waals surface area contributed by atoms with Crippen LogP contribution < -0.4 is 10.6 Å². The molecule has 0 fully saturated rings. The van der Waals surface area contributed by atoms with Crippen molar-refractivity contribution in [2.45, 2.75) is 13.3 Å². The fraction of sp³-hybridized carbons (Fsp3) is 0.417. The molecule has 1 aromatic rings. The molecular formula is C12H17FN2OS. The van der Waals surface area contributed by atoms with Crippen molar-refractivity contribution < 1.29 is 9.13 Å². The smallest absolute Gasteiger partial charge is 0.170 e. The molecule has 0 amide bonds. The van der Waals surface area contributed by atoms with Crippen LogP contribution in [0.1, 0.15) is 13.3 Å². The molecule has 0 aliphatic heterocycles. The zero-order valence-electron chi connectivity index (χ0n) is 9.83. The summed E-state index contributed by atoms with van der Waals surface area (Å²) in [5.41, 5.74) is 0.772. The Morgan fingerprint density at radius 2 is 2.06 bits per heavy atom. The minimum Gasteiger partial charge on any atom is -0.382 e. The van der Waals surface area contributed by atoms with Gasteiger partial charge in [-0.05, 0) is 49.8 Å². The van der Waals surface area contributed by atoms with E-state index in [9.17, 15) is 4.39 Å². The van der Waals surface area contributed by atoms with Crippen LogP contribution in [0, 0.1) is 5.82 Å². The van der Waals surface area contributed by atoms with Gasteiger partial charge in [0.15, 0.2) is 5.11 Å². The molecule has 0 bridgehead atoms. The van der Waals surface area contributed by atoms with Gasteiger partial charge in [-0.2, -0.15) is 0 Å². The molecule has 0 aliphatic rings. The minimum atomic E-state index is -0.258. The van der Waals surface area contributed by atoms with Gasteiger partial charge in [-0.25, -0.2) is 4.39 Å². The Balaban J connectivity index is 2.18. The lowest BCUT2D eigenvalue weighted by atomic mass is 10.3. The summed E-state index contributed by atoms with van der Waals surface area (Å²) in [4.78, 5) is 0. The zero-order valence-corrected chi connectivity index (χ0v) is 10.6. The maximum absolute atomic E-state index is 12.7. The van der Waals surface area contributed by atoms with Crippen molar-refractivity contribution in [1.82, 2.24) is 5.32 Å². The fourth-order valence-corrected chi connectivity index (χ4v) is 1.45. The third kappa shape index (κ3) is 6.19. The molecule has 0 saturated heterocycles. The zero-order chi connectivity index (χ0) is 12.5. The molecule has 0 radical (unpaired) electrons. The lowest BCUT2D eigenvalue weighted by molar-refractivity contribution is 0.146. The van der Waals surface area contributed by atoms with E-state index in [1.54, 1.807) is 12.1 Å². The molecule has 1 aromatic carbocycles. The maximum Gasteiger partial charge on any atom is 0.170 e. The molecule has 0 heterocycles. The Labute approximate surface area is 106 Å². The number of thiocarbonyl (C=S) groups is 1. The monoisotopic (exact) mass is 256 g/mol. The Morgan fingerprint density at radius 1 is 1.35 bits per heavy atom. The molecular weight excluding hydrogens is 239 g/mol. The number of hydrogen-bond donors (Lipinski definition) is 2. The van der Waals surface area contributed by atoms with Crippen LogP contribution in [0.25, 0.3) is 0 Å². The van der Waals surface area contributed by atoms with Crippen molar-refractivity contribution in [3.8, 4) is 0 Å². The van der Waals surface area contributed by atoms with Gasteiger partial charge in [0, 0.05) is 25.4 Å². The summed E-state index contributed by atoms with van der Waals surface area (Å²) >= 11 is 5.09. The van der Waals surface area contributed by atoms with Gasteiger partial charge in [-0.15, -0.1) is 0 Å². The largest absolute Gasteiger partial charge is 0.382 e. The molecule has 0 atom stereocenters. The third-order valence-corrected chi connectivity index (χ3v) is 2.30. The van der Waals surface area contributed by atoms with Crippen molar-refractivity contribution in [1.29, 1.82) is 0 Å². The van der Waals surface area contributed by atoms with E-state index in [-0.39, 0.29) is 5.82 Å². The molecule has 5 heteroatoms. The topological polar surface area (TPSA) is 33.3 Å². The van der Waals surface area contributed by atoms with E-state index in [0.717, 1.165) is 31.9 Å². The summed E-state index contributed by atoms with van der Waals surface area (Å²) in [6, 6.07) is 6.06. The summed E-state index contributed by atoms with van der Waals surface area (Å²) in [6.45, 7) is 4.18. The van der Waals surface area contributed by atoms with Crippen LogP contribution in [0.15, 0.2) is 24.3 Å². The predicted molar refractivity (Wildman–Crippen MR) is 71.7 cm³/mol. The lowest BCUT2D eigenvalue weighted by Gasteiger charge is -2.10. The summed E-state index contributed by atoms with van der Waals surface area (Å²) in [6.07, 6.45) is 0.902. The Morgan fingerprint density at radius 3 is 2.71 bits per heavy atom. The second-order valence-electron chi connectivity index (χ2n) is 3.44. The summed E-state index contributed by atoms with van der Waals surface area (Å²) in [5, 5.41) is 6.56. The number of ether oxygens (including phenoxy) is 1. The summed E-state index contributed by atoms with van der Waals surface area (Å²) in [5.74, 6) is -0.258. The second kappa shape index (κ2) is 7.97.